The number of hydrogen-bond acceptors (Lipinski definition) is 6. The minimum atomic E-state index is -0.294. The van der Waals surface area contributed by atoms with Crippen molar-refractivity contribution in [1.29, 1.82) is 0 Å². The van der Waals surface area contributed by atoms with Gasteiger partial charge in [-0.15, -0.1) is 5.10 Å². The highest BCUT2D eigenvalue weighted by Gasteiger charge is 2.08. The molecule has 1 aromatic heterocycles. The number of aromatic hydroxyl groups is 2. The fourth-order valence-electron chi connectivity index (χ4n) is 2.17. The van der Waals surface area contributed by atoms with Crippen molar-refractivity contribution in [3.63, 3.8) is 0 Å². The number of phenols is 2. The number of methoxy groups -OCH3 is 1. The van der Waals surface area contributed by atoms with Crippen molar-refractivity contribution in [3.8, 4) is 17.2 Å². The van der Waals surface area contributed by atoms with Gasteiger partial charge in [-0.3, -0.25) is 0 Å². The number of ether oxygens (including phenoxy) is 1. The van der Waals surface area contributed by atoms with E-state index >= 15 is 0 Å². The zero-order valence-electron chi connectivity index (χ0n) is 12.6. The molecule has 0 unspecified atom stereocenters. The van der Waals surface area contributed by atoms with Gasteiger partial charge >= 0.3 is 0 Å². The van der Waals surface area contributed by atoms with E-state index in [9.17, 15) is 10.2 Å². The Labute approximate surface area is 136 Å². The molecule has 3 aromatic rings. The molecule has 2 N–H and O–H groups in total. The van der Waals surface area contributed by atoms with Crippen molar-refractivity contribution in [2.24, 2.45) is 17.3 Å². The van der Waals surface area contributed by atoms with E-state index in [0.717, 1.165) is 15.0 Å². The van der Waals surface area contributed by atoms with Gasteiger partial charge in [0.2, 0.25) is 10.6 Å². The molecule has 7 heteroatoms. The molecule has 1 heterocycles. The monoisotopic (exact) mass is 329 g/mol. The van der Waals surface area contributed by atoms with Gasteiger partial charge in [0.15, 0.2) is 11.5 Å². The third-order valence-corrected chi connectivity index (χ3v) is 4.47. The fourth-order valence-corrected chi connectivity index (χ4v) is 3.14. The Morgan fingerprint density at radius 1 is 1.22 bits per heavy atom. The third-order valence-electron chi connectivity index (χ3n) is 3.36. The average Bonchev–Trinajstić information content (AvgIpc) is 2.87. The Bertz CT molecular complexity index is 957. The van der Waals surface area contributed by atoms with Gasteiger partial charge in [0.1, 0.15) is 0 Å². The zero-order valence-corrected chi connectivity index (χ0v) is 13.4. The van der Waals surface area contributed by atoms with E-state index in [-0.39, 0.29) is 17.2 Å². The highest BCUT2D eigenvalue weighted by molar-refractivity contribution is 7.16. The standard InChI is InChI=1S/C16H15N3O3S/c1-19-11-5-3-4-6-14(11)23-16(19)18-17-9-10-7-12(20)15(21)13(8-10)22-2/h3-9,20-21H,1-2H3/b17-9+,18-16+. The Hall–Kier alpha value is -2.80. The van der Waals surface area contributed by atoms with Gasteiger partial charge in [-0.25, -0.2) is 0 Å². The predicted octanol–water partition coefficient (Wildman–Crippen LogP) is 2.59. The van der Waals surface area contributed by atoms with Crippen LogP contribution in [0.2, 0.25) is 0 Å². The Morgan fingerprint density at radius 2 is 2.00 bits per heavy atom. The fraction of sp³-hybridized carbons (Fsp3) is 0.125. The summed E-state index contributed by atoms with van der Waals surface area (Å²) in [5, 5.41) is 27.5. The first-order valence-electron chi connectivity index (χ1n) is 6.81. The van der Waals surface area contributed by atoms with Crippen molar-refractivity contribution >= 4 is 27.8 Å². The van der Waals surface area contributed by atoms with Crippen LogP contribution in [0, 0.1) is 0 Å². The average molecular weight is 329 g/mol. The van der Waals surface area contributed by atoms with E-state index in [4.69, 9.17) is 4.74 Å². The summed E-state index contributed by atoms with van der Waals surface area (Å²) >= 11 is 1.54. The van der Waals surface area contributed by atoms with Crippen LogP contribution < -0.4 is 9.54 Å². The number of nitrogens with zero attached hydrogens (tertiary/aromatic N) is 3. The maximum atomic E-state index is 9.64. The molecule has 3 rings (SSSR count). The molecule has 0 aliphatic rings. The van der Waals surface area contributed by atoms with E-state index in [1.165, 1.54) is 19.4 Å². The summed E-state index contributed by atoms with van der Waals surface area (Å²) < 4.78 is 8.08. The van der Waals surface area contributed by atoms with Crippen LogP contribution >= 0.6 is 11.3 Å². The molecule has 23 heavy (non-hydrogen) atoms. The molecule has 0 spiro atoms. The molecule has 0 fully saturated rings. The summed E-state index contributed by atoms with van der Waals surface area (Å²) in [6.45, 7) is 0. The maximum Gasteiger partial charge on any atom is 0.211 e. The van der Waals surface area contributed by atoms with Crippen molar-refractivity contribution < 1.29 is 14.9 Å². The number of benzene rings is 2. The van der Waals surface area contributed by atoms with E-state index in [1.54, 1.807) is 17.4 Å². The maximum absolute atomic E-state index is 9.64. The van der Waals surface area contributed by atoms with Crippen LogP contribution in [-0.2, 0) is 7.05 Å². The summed E-state index contributed by atoms with van der Waals surface area (Å²) in [5.74, 6) is -0.380. The first kappa shape index (κ1) is 15.1. The lowest BCUT2D eigenvalue weighted by Gasteiger charge is -2.05. The number of hydrogen-bond donors (Lipinski definition) is 2. The SMILES string of the molecule is COc1cc(/C=N/N=c2/sc3ccccc3n2C)cc(O)c1O. The van der Waals surface area contributed by atoms with E-state index in [0.29, 0.717) is 5.56 Å². The van der Waals surface area contributed by atoms with Gasteiger partial charge < -0.3 is 19.5 Å². The van der Waals surface area contributed by atoms with Gasteiger partial charge in [-0.2, -0.15) is 5.10 Å². The van der Waals surface area contributed by atoms with Crippen molar-refractivity contribution in [2.75, 3.05) is 7.11 Å². The Morgan fingerprint density at radius 3 is 2.74 bits per heavy atom. The molecular formula is C16H15N3O3S. The second-order valence-electron chi connectivity index (χ2n) is 4.85. The van der Waals surface area contributed by atoms with E-state index in [1.807, 2.05) is 35.9 Å². The zero-order chi connectivity index (χ0) is 16.4. The lowest BCUT2D eigenvalue weighted by Crippen LogP contribution is -2.08. The summed E-state index contributed by atoms with van der Waals surface area (Å²) in [6, 6.07) is 11.0. The topological polar surface area (TPSA) is 79.3 Å². The van der Waals surface area contributed by atoms with Crippen LogP contribution in [0.25, 0.3) is 10.2 Å². The third kappa shape index (κ3) is 2.91. The molecule has 0 bridgehead atoms. The first-order chi connectivity index (χ1) is 11.1. The second kappa shape index (κ2) is 6.13. The first-order valence-corrected chi connectivity index (χ1v) is 7.63. The van der Waals surface area contributed by atoms with Crippen LogP contribution in [0.5, 0.6) is 17.2 Å². The number of aromatic nitrogens is 1. The molecule has 0 atom stereocenters. The van der Waals surface area contributed by atoms with Crippen LogP contribution in [0.3, 0.4) is 0 Å². The van der Waals surface area contributed by atoms with Crippen LogP contribution in [0.1, 0.15) is 5.56 Å². The van der Waals surface area contributed by atoms with Gasteiger partial charge in [0, 0.05) is 12.6 Å². The number of rotatable bonds is 3. The lowest BCUT2D eigenvalue weighted by molar-refractivity contribution is 0.351. The molecule has 118 valence electrons. The Balaban J connectivity index is 1.96. The predicted molar refractivity (Wildman–Crippen MR) is 90.3 cm³/mol. The minimum Gasteiger partial charge on any atom is -0.504 e. The lowest BCUT2D eigenvalue weighted by atomic mass is 10.2. The molecular weight excluding hydrogens is 314 g/mol. The molecule has 0 aliphatic heterocycles. The smallest absolute Gasteiger partial charge is 0.211 e. The van der Waals surface area contributed by atoms with Crippen molar-refractivity contribution in [2.45, 2.75) is 0 Å². The molecule has 0 saturated carbocycles. The summed E-state index contributed by atoms with van der Waals surface area (Å²) in [7, 11) is 3.35. The van der Waals surface area contributed by atoms with Crippen LogP contribution in [0.4, 0.5) is 0 Å². The molecule has 6 nitrogen and oxygen atoms in total. The quantitative estimate of drug-likeness (QED) is 0.440. The number of thiazole rings is 1. The molecule has 0 aliphatic carbocycles. The largest absolute Gasteiger partial charge is 0.504 e. The summed E-state index contributed by atoms with van der Waals surface area (Å²) in [6.07, 6.45) is 1.49. The van der Waals surface area contributed by atoms with Crippen molar-refractivity contribution in [3.05, 3.63) is 46.8 Å². The van der Waals surface area contributed by atoms with Crippen LogP contribution in [0.15, 0.2) is 46.6 Å². The second-order valence-corrected chi connectivity index (χ2v) is 5.86. The summed E-state index contributed by atoms with van der Waals surface area (Å²) in [4.78, 5) is 0.761. The summed E-state index contributed by atoms with van der Waals surface area (Å²) in [5.41, 5.74) is 1.67. The molecule has 2 aromatic carbocycles. The Kier molecular flexibility index (Phi) is 4.03. The minimum absolute atomic E-state index is 0.180. The number of aryl methyl sites for hydroxylation is 1. The number of para-hydroxylation sites is 1. The normalized spacial score (nSPS) is 12.3. The van der Waals surface area contributed by atoms with E-state index < -0.39 is 0 Å². The van der Waals surface area contributed by atoms with Gasteiger partial charge in [0.05, 0.1) is 23.5 Å². The van der Waals surface area contributed by atoms with Crippen molar-refractivity contribution in [1.82, 2.24) is 4.57 Å². The van der Waals surface area contributed by atoms with Gasteiger partial charge in [-0.05, 0) is 24.3 Å². The number of fused-ring (bicyclic) bond motifs is 1. The highest BCUT2D eigenvalue weighted by Crippen LogP contribution is 2.35. The van der Waals surface area contributed by atoms with E-state index in [2.05, 4.69) is 10.2 Å². The molecule has 0 radical (unpaired) electrons. The van der Waals surface area contributed by atoms with Crippen LogP contribution in [-0.4, -0.2) is 28.1 Å². The molecule has 0 amide bonds. The highest BCUT2D eigenvalue weighted by atomic mass is 32.1. The molecule has 0 saturated heterocycles. The number of phenolic OH excluding ortho intramolecular Hbond substituents is 2. The van der Waals surface area contributed by atoms with Gasteiger partial charge in [0.25, 0.3) is 0 Å². The van der Waals surface area contributed by atoms with Gasteiger partial charge in [-0.1, -0.05) is 23.5 Å².